The van der Waals surface area contributed by atoms with Crippen molar-refractivity contribution in [3.05, 3.63) is 28.8 Å². The van der Waals surface area contributed by atoms with E-state index in [0.29, 0.717) is 32.0 Å². The molecular weight excluding hydrogens is 314 g/mol. The van der Waals surface area contributed by atoms with E-state index in [-0.39, 0.29) is 5.91 Å². The van der Waals surface area contributed by atoms with Crippen LogP contribution in [0.2, 0.25) is 0 Å². The molecule has 4 rings (SSSR count). The average Bonchev–Trinajstić information content (AvgIpc) is 3.28. The van der Waals surface area contributed by atoms with Gasteiger partial charge in [-0.05, 0) is 25.1 Å². The second kappa shape index (κ2) is 5.74. The van der Waals surface area contributed by atoms with Crippen molar-refractivity contribution in [3.63, 3.8) is 0 Å². The van der Waals surface area contributed by atoms with Crippen LogP contribution < -0.4 is 0 Å². The number of ether oxygens (including phenoxy) is 2. The van der Waals surface area contributed by atoms with E-state index in [4.69, 9.17) is 9.47 Å². The minimum absolute atomic E-state index is 0.0337. The summed E-state index contributed by atoms with van der Waals surface area (Å²) in [4.78, 5) is 16.8. The molecule has 0 saturated carbocycles. The highest BCUT2D eigenvalue weighted by Crippen LogP contribution is 2.32. The van der Waals surface area contributed by atoms with Crippen LogP contribution in [-0.2, 0) is 9.47 Å². The molecule has 2 aliphatic heterocycles. The van der Waals surface area contributed by atoms with Gasteiger partial charge in [0.05, 0.1) is 23.8 Å². The second-order valence-corrected chi connectivity index (χ2v) is 7.26. The lowest BCUT2D eigenvalue weighted by Gasteiger charge is -2.37. The van der Waals surface area contributed by atoms with Crippen molar-refractivity contribution >= 4 is 17.2 Å². The number of H-pyrrole nitrogens is 1. The zero-order valence-corrected chi connectivity index (χ0v) is 13.8. The minimum Gasteiger partial charge on any atom is -0.347 e. The lowest BCUT2D eigenvalue weighted by Crippen LogP contribution is -2.47. The van der Waals surface area contributed by atoms with E-state index in [1.807, 2.05) is 17.0 Å². The molecule has 2 aromatic rings. The Morgan fingerprint density at radius 2 is 2.04 bits per heavy atom. The lowest BCUT2D eigenvalue weighted by molar-refractivity contribution is -0.181. The smallest absolute Gasteiger partial charge is 0.274 e. The first-order chi connectivity index (χ1) is 11.2. The molecule has 0 aromatic carbocycles. The summed E-state index contributed by atoms with van der Waals surface area (Å²) in [7, 11) is 0. The summed E-state index contributed by atoms with van der Waals surface area (Å²) in [6.07, 6.45) is 1.44. The Labute approximate surface area is 138 Å². The number of rotatable bonds is 2. The zero-order chi connectivity index (χ0) is 15.9. The van der Waals surface area contributed by atoms with Gasteiger partial charge in [-0.15, -0.1) is 11.3 Å². The first-order valence-electron chi connectivity index (χ1n) is 7.85. The van der Waals surface area contributed by atoms with Gasteiger partial charge < -0.3 is 14.4 Å². The number of hydrogen-bond donors (Lipinski definition) is 1. The molecule has 122 valence electrons. The molecule has 0 aliphatic carbocycles. The number of thiophene rings is 1. The molecular formula is C16H19N3O3S. The molecule has 7 heteroatoms. The quantitative estimate of drug-likeness (QED) is 0.916. The first-order valence-corrected chi connectivity index (χ1v) is 8.66. The summed E-state index contributed by atoms with van der Waals surface area (Å²) in [6, 6.07) is 5.94. The Kier molecular flexibility index (Phi) is 3.71. The maximum atomic E-state index is 12.6. The van der Waals surface area contributed by atoms with Crippen molar-refractivity contribution in [1.29, 1.82) is 0 Å². The molecule has 0 unspecified atom stereocenters. The predicted molar refractivity (Wildman–Crippen MR) is 86.4 cm³/mol. The monoisotopic (exact) mass is 333 g/mol. The molecule has 1 spiro atoms. The van der Waals surface area contributed by atoms with Crippen LogP contribution in [0.25, 0.3) is 10.6 Å². The molecule has 2 saturated heterocycles. The Hall–Kier alpha value is -1.70. The van der Waals surface area contributed by atoms with Crippen LogP contribution >= 0.6 is 11.3 Å². The van der Waals surface area contributed by atoms with Gasteiger partial charge in [0.15, 0.2) is 11.5 Å². The third-order valence-electron chi connectivity index (χ3n) is 4.43. The van der Waals surface area contributed by atoms with Gasteiger partial charge in [0.2, 0.25) is 0 Å². The number of aromatic nitrogens is 2. The Balaban J connectivity index is 1.44. The highest BCUT2D eigenvalue weighted by Gasteiger charge is 2.41. The number of hydrogen-bond acceptors (Lipinski definition) is 5. The van der Waals surface area contributed by atoms with Gasteiger partial charge in [-0.25, -0.2) is 0 Å². The fourth-order valence-corrected chi connectivity index (χ4v) is 3.97. The highest BCUT2D eigenvalue weighted by atomic mass is 32.1. The summed E-state index contributed by atoms with van der Waals surface area (Å²) >= 11 is 1.68. The van der Waals surface area contributed by atoms with Gasteiger partial charge in [-0.1, -0.05) is 0 Å². The van der Waals surface area contributed by atoms with Gasteiger partial charge in [-0.2, -0.15) is 5.10 Å². The van der Waals surface area contributed by atoms with Gasteiger partial charge in [0, 0.05) is 30.8 Å². The van der Waals surface area contributed by atoms with Crippen molar-refractivity contribution in [3.8, 4) is 10.6 Å². The first kappa shape index (κ1) is 14.9. The molecule has 2 aliphatic rings. The summed E-state index contributed by atoms with van der Waals surface area (Å²) in [5.74, 6) is -0.490. The molecule has 6 nitrogen and oxygen atoms in total. The van der Waals surface area contributed by atoms with E-state index in [2.05, 4.69) is 23.2 Å². The van der Waals surface area contributed by atoms with E-state index in [1.165, 1.54) is 4.88 Å². The van der Waals surface area contributed by atoms with Gasteiger partial charge >= 0.3 is 0 Å². The molecule has 4 heterocycles. The Bertz CT molecular complexity index is 708. The minimum atomic E-state index is -0.456. The predicted octanol–water partition coefficient (Wildman–Crippen LogP) is 2.43. The number of aryl methyl sites for hydroxylation is 1. The van der Waals surface area contributed by atoms with Crippen molar-refractivity contribution in [2.45, 2.75) is 25.6 Å². The normalized spacial score (nSPS) is 20.3. The summed E-state index contributed by atoms with van der Waals surface area (Å²) < 4.78 is 11.4. The Morgan fingerprint density at radius 3 is 2.70 bits per heavy atom. The SMILES string of the molecule is Cc1ccc(-c2cc(C(=O)N3CCC4(CC3)OCCO4)n[nH]2)s1. The standard InChI is InChI=1S/C16H19N3O3S/c1-11-2-3-14(23-11)12-10-13(18-17-12)15(20)19-6-4-16(5-7-19)21-8-9-22-16/h2-3,10H,4-9H2,1H3,(H,17,18). The van der Waals surface area contributed by atoms with Crippen molar-refractivity contribution in [2.24, 2.45) is 0 Å². The molecule has 1 N–H and O–H groups in total. The van der Waals surface area contributed by atoms with Crippen LogP contribution in [0.4, 0.5) is 0 Å². The largest absolute Gasteiger partial charge is 0.347 e. The van der Waals surface area contributed by atoms with Gasteiger partial charge in [0.1, 0.15) is 0 Å². The number of piperidine rings is 1. The van der Waals surface area contributed by atoms with E-state index in [1.54, 1.807) is 11.3 Å². The van der Waals surface area contributed by atoms with Crippen molar-refractivity contribution in [1.82, 2.24) is 15.1 Å². The van der Waals surface area contributed by atoms with Crippen LogP contribution in [0.3, 0.4) is 0 Å². The molecule has 2 aromatic heterocycles. The van der Waals surface area contributed by atoms with Crippen LogP contribution in [0, 0.1) is 6.92 Å². The summed E-state index contributed by atoms with van der Waals surface area (Å²) in [5, 5.41) is 7.16. The van der Waals surface area contributed by atoms with E-state index < -0.39 is 5.79 Å². The fourth-order valence-electron chi connectivity index (χ4n) is 3.13. The number of nitrogens with one attached hydrogen (secondary N) is 1. The van der Waals surface area contributed by atoms with Crippen LogP contribution in [0.15, 0.2) is 18.2 Å². The number of likely N-dealkylation sites (tertiary alicyclic amines) is 1. The number of nitrogens with zero attached hydrogens (tertiary/aromatic N) is 2. The molecule has 23 heavy (non-hydrogen) atoms. The van der Waals surface area contributed by atoms with Gasteiger partial charge in [0.25, 0.3) is 5.91 Å². The molecule has 2 fully saturated rings. The summed E-state index contributed by atoms with van der Waals surface area (Å²) in [6.45, 7) is 4.64. The van der Waals surface area contributed by atoms with Crippen molar-refractivity contribution in [2.75, 3.05) is 26.3 Å². The van der Waals surface area contributed by atoms with E-state index in [9.17, 15) is 4.79 Å². The van der Waals surface area contributed by atoms with Crippen LogP contribution in [0.1, 0.15) is 28.2 Å². The van der Waals surface area contributed by atoms with Crippen molar-refractivity contribution < 1.29 is 14.3 Å². The Morgan fingerprint density at radius 1 is 1.30 bits per heavy atom. The molecule has 0 bridgehead atoms. The lowest BCUT2D eigenvalue weighted by atomic mass is 10.0. The second-order valence-electron chi connectivity index (χ2n) is 5.98. The molecule has 0 atom stereocenters. The number of carbonyl (C=O) groups excluding carboxylic acids is 1. The van der Waals surface area contributed by atoms with Crippen LogP contribution in [-0.4, -0.2) is 53.1 Å². The maximum Gasteiger partial charge on any atom is 0.274 e. The summed E-state index contributed by atoms with van der Waals surface area (Å²) in [5.41, 5.74) is 1.36. The van der Waals surface area contributed by atoms with E-state index >= 15 is 0 Å². The number of amides is 1. The number of aromatic amines is 1. The molecule has 1 amide bonds. The third-order valence-corrected chi connectivity index (χ3v) is 5.46. The van der Waals surface area contributed by atoms with Crippen LogP contribution in [0.5, 0.6) is 0 Å². The topological polar surface area (TPSA) is 67.5 Å². The fraction of sp³-hybridized carbons (Fsp3) is 0.500. The van der Waals surface area contributed by atoms with Gasteiger partial charge in [-0.3, -0.25) is 9.89 Å². The zero-order valence-electron chi connectivity index (χ0n) is 13.0. The average molecular weight is 333 g/mol. The molecule has 0 radical (unpaired) electrons. The third kappa shape index (κ3) is 2.80. The number of carbonyl (C=O) groups is 1. The highest BCUT2D eigenvalue weighted by molar-refractivity contribution is 7.15. The maximum absolute atomic E-state index is 12.6. The van der Waals surface area contributed by atoms with E-state index in [0.717, 1.165) is 23.4 Å².